The molecule has 6 nitrogen and oxygen atoms in total. The Labute approximate surface area is 123 Å². The molecule has 0 saturated carbocycles. The second-order valence-electron chi connectivity index (χ2n) is 5.23. The largest absolute Gasteiger partial charge is 0.383 e. The van der Waals surface area contributed by atoms with E-state index in [1.165, 1.54) is 16.6 Å². The number of nitrogens with two attached hydrogens (primary N) is 1. The Kier molecular flexibility index (Phi) is 3.62. The number of pyridine rings is 1. The van der Waals surface area contributed by atoms with E-state index in [0.717, 1.165) is 25.9 Å². The van der Waals surface area contributed by atoms with Gasteiger partial charge in [0.15, 0.2) is 0 Å². The van der Waals surface area contributed by atoms with Gasteiger partial charge in [-0.25, -0.2) is 13.4 Å². The van der Waals surface area contributed by atoms with Crippen molar-refractivity contribution in [3.05, 3.63) is 17.3 Å². The van der Waals surface area contributed by atoms with Crippen molar-refractivity contribution < 1.29 is 8.42 Å². The fraction of sp³-hybridized carbons (Fsp3) is 0.583. The van der Waals surface area contributed by atoms with Crippen molar-refractivity contribution in [3.8, 4) is 0 Å². The molecule has 8 heteroatoms. The average Bonchev–Trinajstić information content (AvgIpc) is 2.88. The first kappa shape index (κ1) is 14.1. The molecule has 2 N–H and O–H groups in total. The molecular weight excluding hydrogens is 300 g/mol. The minimum atomic E-state index is -3.62. The molecule has 2 saturated heterocycles. The number of nitrogen functional groups attached to an aromatic ring is 1. The van der Waals surface area contributed by atoms with E-state index in [4.69, 9.17) is 17.3 Å². The van der Waals surface area contributed by atoms with Gasteiger partial charge < -0.3 is 5.73 Å². The van der Waals surface area contributed by atoms with E-state index >= 15 is 0 Å². The van der Waals surface area contributed by atoms with Gasteiger partial charge in [-0.3, -0.25) is 4.90 Å². The van der Waals surface area contributed by atoms with E-state index in [1.807, 2.05) is 0 Å². The normalized spacial score (nSPS) is 24.8. The number of hydrogen-bond donors (Lipinski definition) is 1. The zero-order valence-electron chi connectivity index (χ0n) is 11.0. The maximum absolute atomic E-state index is 12.7. The van der Waals surface area contributed by atoms with Crippen LogP contribution in [0.5, 0.6) is 0 Å². The summed E-state index contributed by atoms with van der Waals surface area (Å²) >= 11 is 5.84. The molecule has 2 aliphatic heterocycles. The molecule has 1 aromatic rings. The second kappa shape index (κ2) is 5.14. The highest BCUT2D eigenvalue weighted by molar-refractivity contribution is 7.89. The number of fused-ring (bicyclic) bond motifs is 1. The van der Waals surface area contributed by atoms with E-state index in [9.17, 15) is 8.42 Å². The lowest BCUT2D eigenvalue weighted by atomic mass is 10.2. The van der Waals surface area contributed by atoms with E-state index in [0.29, 0.717) is 19.1 Å². The Balaban J connectivity index is 1.90. The summed E-state index contributed by atoms with van der Waals surface area (Å²) in [6.45, 7) is 2.86. The van der Waals surface area contributed by atoms with Crippen LogP contribution in [-0.4, -0.2) is 54.8 Å². The van der Waals surface area contributed by atoms with Gasteiger partial charge >= 0.3 is 0 Å². The number of halogens is 1. The Hall–Kier alpha value is -0.890. The van der Waals surface area contributed by atoms with E-state index < -0.39 is 10.0 Å². The van der Waals surface area contributed by atoms with E-state index in [-0.39, 0.29) is 15.7 Å². The lowest BCUT2D eigenvalue weighted by molar-refractivity contribution is 0.158. The monoisotopic (exact) mass is 316 g/mol. The number of nitrogens with zero attached hydrogens (tertiary/aromatic N) is 3. The maximum Gasteiger partial charge on any atom is 0.246 e. The third kappa shape index (κ3) is 2.39. The molecule has 20 heavy (non-hydrogen) atoms. The third-order valence-electron chi connectivity index (χ3n) is 4.02. The van der Waals surface area contributed by atoms with Crippen molar-refractivity contribution in [2.24, 2.45) is 0 Å². The summed E-state index contributed by atoms with van der Waals surface area (Å²) in [7, 11) is -3.62. The summed E-state index contributed by atoms with van der Waals surface area (Å²) in [5, 5.41) is 0.275. The van der Waals surface area contributed by atoms with Gasteiger partial charge in [-0.2, -0.15) is 4.31 Å². The lowest BCUT2D eigenvalue weighted by Crippen LogP contribution is -2.52. The molecule has 1 unspecified atom stereocenters. The van der Waals surface area contributed by atoms with E-state index in [1.54, 1.807) is 0 Å². The van der Waals surface area contributed by atoms with Crippen molar-refractivity contribution >= 4 is 27.4 Å². The molecule has 0 aromatic carbocycles. The average molecular weight is 317 g/mol. The number of rotatable bonds is 2. The highest BCUT2D eigenvalue weighted by Gasteiger charge is 2.37. The second-order valence-corrected chi connectivity index (χ2v) is 7.57. The Bertz CT molecular complexity index is 622. The summed E-state index contributed by atoms with van der Waals surface area (Å²) < 4.78 is 26.9. The first-order valence-electron chi connectivity index (χ1n) is 6.64. The van der Waals surface area contributed by atoms with Gasteiger partial charge in [0.05, 0.1) is 5.02 Å². The zero-order chi connectivity index (χ0) is 14.3. The first-order valence-corrected chi connectivity index (χ1v) is 8.45. The number of piperazine rings is 1. The highest BCUT2D eigenvalue weighted by atomic mass is 35.5. The van der Waals surface area contributed by atoms with Crippen molar-refractivity contribution in [2.45, 2.75) is 23.8 Å². The molecule has 2 fully saturated rings. The lowest BCUT2D eigenvalue weighted by Gasteiger charge is -2.36. The summed E-state index contributed by atoms with van der Waals surface area (Å²) in [5.41, 5.74) is 5.70. The van der Waals surface area contributed by atoms with Crippen molar-refractivity contribution in [3.63, 3.8) is 0 Å². The predicted molar refractivity (Wildman–Crippen MR) is 77.0 cm³/mol. The van der Waals surface area contributed by atoms with Gasteiger partial charge in [-0.05, 0) is 25.5 Å². The molecule has 3 rings (SSSR count). The van der Waals surface area contributed by atoms with Crippen molar-refractivity contribution in [1.29, 1.82) is 0 Å². The molecule has 0 spiro atoms. The molecule has 110 valence electrons. The first-order chi connectivity index (χ1) is 9.48. The fourth-order valence-corrected chi connectivity index (χ4v) is 4.74. The summed E-state index contributed by atoms with van der Waals surface area (Å²) in [6, 6.07) is 1.70. The van der Waals surface area contributed by atoms with Crippen LogP contribution in [0, 0.1) is 0 Å². The van der Waals surface area contributed by atoms with Gasteiger partial charge in [-0.15, -0.1) is 0 Å². The molecule has 1 aromatic heterocycles. The van der Waals surface area contributed by atoms with Crippen LogP contribution in [0.3, 0.4) is 0 Å². The highest BCUT2D eigenvalue weighted by Crippen LogP contribution is 2.28. The quantitative estimate of drug-likeness (QED) is 0.872. The minimum Gasteiger partial charge on any atom is -0.383 e. The number of sulfonamides is 1. The Morgan fingerprint density at radius 3 is 2.95 bits per heavy atom. The van der Waals surface area contributed by atoms with E-state index in [2.05, 4.69) is 9.88 Å². The fourth-order valence-electron chi connectivity index (χ4n) is 2.96. The Morgan fingerprint density at radius 2 is 2.15 bits per heavy atom. The molecule has 3 heterocycles. The van der Waals surface area contributed by atoms with Crippen LogP contribution in [0.15, 0.2) is 17.2 Å². The maximum atomic E-state index is 12.7. The summed E-state index contributed by atoms with van der Waals surface area (Å²) in [5.74, 6) is 0.00301. The molecule has 2 aliphatic rings. The molecule has 1 atom stereocenters. The number of aromatic nitrogens is 1. The molecule has 0 radical (unpaired) electrons. The van der Waals surface area contributed by atoms with Gasteiger partial charge in [-0.1, -0.05) is 11.6 Å². The van der Waals surface area contributed by atoms with Crippen LogP contribution in [0.4, 0.5) is 5.82 Å². The molecule has 0 aliphatic carbocycles. The van der Waals surface area contributed by atoms with Crippen LogP contribution in [0.2, 0.25) is 5.02 Å². The molecule has 0 bridgehead atoms. The Morgan fingerprint density at radius 1 is 1.35 bits per heavy atom. The van der Waals surface area contributed by atoms with Crippen LogP contribution in [0.1, 0.15) is 12.8 Å². The van der Waals surface area contributed by atoms with Crippen LogP contribution in [-0.2, 0) is 10.0 Å². The number of anilines is 1. The van der Waals surface area contributed by atoms with Gasteiger partial charge in [0.2, 0.25) is 10.0 Å². The van der Waals surface area contributed by atoms with Crippen LogP contribution < -0.4 is 5.73 Å². The molecule has 0 amide bonds. The topological polar surface area (TPSA) is 79.5 Å². The van der Waals surface area contributed by atoms with Crippen molar-refractivity contribution in [1.82, 2.24) is 14.2 Å². The SMILES string of the molecule is Nc1ncc(Cl)cc1S(=O)(=O)N1CCN2CCCC2C1. The van der Waals surface area contributed by atoms with Gasteiger partial charge in [0.1, 0.15) is 10.7 Å². The van der Waals surface area contributed by atoms with Crippen LogP contribution in [0.25, 0.3) is 0 Å². The third-order valence-corrected chi connectivity index (χ3v) is 6.12. The van der Waals surface area contributed by atoms with Gasteiger partial charge in [0.25, 0.3) is 0 Å². The predicted octanol–water partition coefficient (Wildman–Crippen LogP) is 0.786. The minimum absolute atomic E-state index is 0.00301. The van der Waals surface area contributed by atoms with Crippen LogP contribution >= 0.6 is 11.6 Å². The molecular formula is C12H17ClN4O2S. The summed E-state index contributed by atoms with van der Waals surface area (Å²) in [4.78, 5) is 6.20. The summed E-state index contributed by atoms with van der Waals surface area (Å²) in [6.07, 6.45) is 3.54. The van der Waals surface area contributed by atoms with Gasteiger partial charge in [0, 0.05) is 31.9 Å². The standard InChI is InChI=1S/C12H17ClN4O2S/c13-9-6-11(12(14)15-7-9)20(18,19)17-5-4-16-3-1-2-10(16)8-17/h6-7,10H,1-5,8H2,(H2,14,15). The smallest absolute Gasteiger partial charge is 0.246 e. The van der Waals surface area contributed by atoms with Crippen molar-refractivity contribution in [2.75, 3.05) is 31.9 Å². The number of hydrogen-bond acceptors (Lipinski definition) is 5. The zero-order valence-corrected chi connectivity index (χ0v) is 12.6.